The number of rotatable bonds is 7. The van der Waals surface area contributed by atoms with Gasteiger partial charge in [0.05, 0.1) is 23.8 Å². The molecular weight excluding hydrogens is 549 g/mol. The third kappa shape index (κ3) is 6.19. The van der Waals surface area contributed by atoms with Crippen molar-refractivity contribution in [2.45, 2.75) is 12.6 Å². The molecule has 0 radical (unpaired) electrons. The predicted molar refractivity (Wildman–Crippen MR) is 148 cm³/mol. The maximum absolute atomic E-state index is 13.6. The number of piperazine rings is 1. The van der Waals surface area contributed by atoms with E-state index in [-0.39, 0.29) is 17.7 Å². The van der Waals surface area contributed by atoms with Crippen LogP contribution in [0.15, 0.2) is 71.8 Å². The van der Waals surface area contributed by atoms with E-state index in [2.05, 4.69) is 25.1 Å². The molecule has 0 bridgehead atoms. The normalized spacial score (nSPS) is 15.1. The topological polar surface area (TPSA) is 52.4 Å². The van der Waals surface area contributed by atoms with Gasteiger partial charge in [0.15, 0.2) is 5.82 Å². The minimum atomic E-state index is -0.286. The van der Waals surface area contributed by atoms with Crippen molar-refractivity contribution in [1.82, 2.24) is 24.7 Å². The van der Waals surface area contributed by atoms with Gasteiger partial charge in [-0.2, -0.15) is 14.9 Å². The average Bonchev–Trinajstić information content (AvgIpc) is 3.25. The third-order valence-corrected chi connectivity index (χ3v) is 7.33. The van der Waals surface area contributed by atoms with Crippen LogP contribution in [0.25, 0.3) is 0 Å². The number of aromatic amines is 1. The quantitative estimate of drug-likeness (QED) is 0.208. The Morgan fingerprint density at radius 2 is 1.53 bits per heavy atom. The molecule has 2 heterocycles. The summed E-state index contributed by atoms with van der Waals surface area (Å²) < 4.78 is 29.2. The highest BCUT2D eigenvalue weighted by Crippen LogP contribution is 2.30. The minimum absolute atomic E-state index is 0.110. The van der Waals surface area contributed by atoms with Gasteiger partial charge in [-0.1, -0.05) is 53.5 Å². The Kier molecular flexibility index (Phi) is 8.30. The number of H-pyrrole nitrogens is 1. The zero-order valence-corrected chi connectivity index (χ0v) is 22.5. The summed E-state index contributed by atoms with van der Waals surface area (Å²) in [5.41, 5.74) is 2.64. The van der Waals surface area contributed by atoms with Gasteiger partial charge in [-0.05, 0) is 59.7 Å². The molecule has 0 aliphatic carbocycles. The summed E-state index contributed by atoms with van der Waals surface area (Å²) in [5, 5.41) is 12.7. The Bertz CT molecular complexity index is 1430. The van der Waals surface area contributed by atoms with Crippen molar-refractivity contribution in [2.75, 3.05) is 26.2 Å². The van der Waals surface area contributed by atoms with E-state index < -0.39 is 0 Å². The Labute approximate surface area is 234 Å². The van der Waals surface area contributed by atoms with E-state index in [0.717, 1.165) is 37.3 Å². The first-order chi connectivity index (χ1) is 18.4. The van der Waals surface area contributed by atoms with Crippen LogP contribution in [0.4, 0.5) is 8.78 Å². The number of nitrogens with one attached hydrogen (secondary N) is 1. The summed E-state index contributed by atoms with van der Waals surface area (Å²) in [6, 6.07) is 18.1. The second-order valence-electron chi connectivity index (χ2n) is 8.98. The fraction of sp³-hybridized carbons (Fsp3) is 0.222. The van der Waals surface area contributed by atoms with Crippen LogP contribution in [0.5, 0.6) is 0 Å². The first-order valence-electron chi connectivity index (χ1n) is 12.0. The molecule has 0 amide bonds. The first-order valence-corrected chi connectivity index (χ1v) is 13.2. The monoisotopic (exact) mass is 572 g/mol. The lowest BCUT2D eigenvalue weighted by atomic mass is 9.96. The molecule has 1 N–H and O–H groups in total. The Morgan fingerprint density at radius 1 is 0.921 bits per heavy atom. The molecule has 0 unspecified atom stereocenters. The zero-order valence-electron chi connectivity index (χ0n) is 20.2. The molecular formula is C27H24Cl2F2N6S. The number of hydrogen-bond acceptors (Lipinski definition) is 5. The summed E-state index contributed by atoms with van der Waals surface area (Å²) in [6.45, 7) is 3.60. The molecule has 11 heteroatoms. The van der Waals surface area contributed by atoms with Crippen LogP contribution < -0.4 is 0 Å². The largest absolute Gasteiger partial charge is 0.293 e. The van der Waals surface area contributed by atoms with E-state index in [1.54, 1.807) is 53.4 Å². The van der Waals surface area contributed by atoms with E-state index in [9.17, 15) is 8.78 Å². The van der Waals surface area contributed by atoms with E-state index in [4.69, 9.17) is 35.4 Å². The maximum Gasteiger partial charge on any atom is 0.216 e. The molecule has 1 aliphatic heterocycles. The fourth-order valence-corrected chi connectivity index (χ4v) is 5.21. The van der Waals surface area contributed by atoms with Gasteiger partial charge >= 0.3 is 0 Å². The zero-order chi connectivity index (χ0) is 26.6. The van der Waals surface area contributed by atoms with Crippen molar-refractivity contribution in [3.05, 3.63) is 116 Å². The molecule has 1 aromatic heterocycles. The molecule has 1 aliphatic rings. The maximum atomic E-state index is 13.6. The highest BCUT2D eigenvalue weighted by molar-refractivity contribution is 7.71. The molecule has 196 valence electrons. The van der Waals surface area contributed by atoms with Crippen LogP contribution in [-0.4, -0.2) is 57.1 Å². The number of nitrogens with zero attached hydrogens (tertiary/aromatic N) is 5. The molecule has 0 atom stereocenters. The molecule has 0 spiro atoms. The smallest absolute Gasteiger partial charge is 0.216 e. The number of aromatic nitrogens is 3. The average molecular weight is 574 g/mol. The molecule has 1 saturated heterocycles. The van der Waals surface area contributed by atoms with E-state index >= 15 is 0 Å². The molecule has 0 saturated carbocycles. The van der Waals surface area contributed by atoms with E-state index in [0.29, 0.717) is 32.7 Å². The van der Waals surface area contributed by atoms with Crippen molar-refractivity contribution < 1.29 is 8.78 Å². The van der Waals surface area contributed by atoms with E-state index in [1.165, 1.54) is 24.3 Å². The van der Waals surface area contributed by atoms with Crippen LogP contribution >= 0.6 is 35.4 Å². The molecule has 6 nitrogen and oxygen atoms in total. The van der Waals surface area contributed by atoms with Gasteiger partial charge in [0.1, 0.15) is 11.6 Å². The first kappa shape index (κ1) is 26.6. The molecule has 3 aromatic carbocycles. The van der Waals surface area contributed by atoms with Gasteiger partial charge in [-0.3, -0.25) is 14.9 Å². The molecule has 1 fully saturated rings. The van der Waals surface area contributed by atoms with Crippen LogP contribution in [0.1, 0.15) is 28.6 Å². The van der Waals surface area contributed by atoms with Crippen LogP contribution in [0.2, 0.25) is 10.0 Å². The second kappa shape index (κ2) is 11.8. The Balaban J connectivity index is 1.29. The van der Waals surface area contributed by atoms with Gasteiger partial charge in [-0.15, -0.1) is 0 Å². The van der Waals surface area contributed by atoms with Crippen LogP contribution in [-0.2, 0) is 6.54 Å². The highest BCUT2D eigenvalue weighted by atomic mass is 35.5. The van der Waals surface area contributed by atoms with Crippen LogP contribution in [0, 0.1) is 16.4 Å². The Hall–Kier alpha value is -2.95. The summed E-state index contributed by atoms with van der Waals surface area (Å²) in [7, 11) is 0. The standard InChI is InChI=1S/C27H24Cl2F2N6S/c28-21-6-1-20(24(29)15-21)16-32-37-25(33-34-27(37)38)17-35-11-13-36(14-12-35)26(18-2-7-22(30)8-3-18)19-4-9-23(31)10-5-19/h1-10,15-16,26H,11-14,17H2,(H,34,38)/b32-16+. The lowest BCUT2D eigenvalue weighted by molar-refractivity contribution is 0.102. The van der Waals surface area contributed by atoms with Gasteiger partial charge in [0, 0.05) is 36.8 Å². The predicted octanol–water partition coefficient (Wildman–Crippen LogP) is 6.32. The lowest BCUT2D eigenvalue weighted by Gasteiger charge is -2.39. The van der Waals surface area contributed by atoms with Crippen molar-refractivity contribution in [3.8, 4) is 0 Å². The summed E-state index contributed by atoms with van der Waals surface area (Å²) >= 11 is 17.6. The summed E-state index contributed by atoms with van der Waals surface area (Å²) in [4.78, 5) is 4.60. The number of hydrogen-bond donors (Lipinski definition) is 1. The van der Waals surface area contributed by atoms with Gasteiger partial charge < -0.3 is 0 Å². The summed E-state index contributed by atoms with van der Waals surface area (Å²) in [6.07, 6.45) is 1.63. The molecule has 38 heavy (non-hydrogen) atoms. The highest BCUT2D eigenvalue weighted by Gasteiger charge is 2.27. The molecule has 4 aromatic rings. The van der Waals surface area contributed by atoms with Crippen molar-refractivity contribution >= 4 is 41.6 Å². The van der Waals surface area contributed by atoms with Gasteiger partial charge in [0.2, 0.25) is 4.77 Å². The van der Waals surface area contributed by atoms with Gasteiger partial charge in [0.25, 0.3) is 0 Å². The SMILES string of the molecule is Fc1ccc(C(c2ccc(F)cc2)N2CCN(Cc3n[nH]c(=S)n3/N=C/c3ccc(Cl)cc3Cl)CC2)cc1. The van der Waals surface area contributed by atoms with Crippen molar-refractivity contribution in [2.24, 2.45) is 5.10 Å². The minimum Gasteiger partial charge on any atom is -0.293 e. The lowest BCUT2D eigenvalue weighted by Crippen LogP contribution is -2.47. The summed E-state index contributed by atoms with van der Waals surface area (Å²) in [5.74, 6) is 0.107. The fourth-order valence-electron chi connectivity index (χ4n) is 4.56. The van der Waals surface area contributed by atoms with E-state index in [1.807, 2.05) is 0 Å². The van der Waals surface area contributed by atoms with Crippen molar-refractivity contribution in [1.29, 1.82) is 0 Å². The number of halogens is 4. The molecule has 5 rings (SSSR count). The van der Waals surface area contributed by atoms with Crippen LogP contribution in [0.3, 0.4) is 0 Å². The van der Waals surface area contributed by atoms with Crippen molar-refractivity contribution in [3.63, 3.8) is 0 Å². The van der Waals surface area contributed by atoms with Gasteiger partial charge in [-0.25, -0.2) is 8.78 Å². The second-order valence-corrected chi connectivity index (χ2v) is 10.2. The third-order valence-electron chi connectivity index (χ3n) is 6.50. The number of benzene rings is 3. The Morgan fingerprint density at radius 3 is 2.11 bits per heavy atom.